The van der Waals surface area contributed by atoms with Crippen LogP contribution >= 0.6 is 11.8 Å². The molecule has 0 radical (unpaired) electrons. The molecule has 0 amide bonds. The van der Waals surface area contributed by atoms with E-state index in [9.17, 15) is 14.9 Å². The summed E-state index contributed by atoms with van der Waals surface area (Å²) in [6.07, 6.45) is 0. The molecule has 6 nitrogen and oxygen atoms in total. The third-order valence-corrected chi connectivity index (χ3v) is 2.99. The predicted molar refractivity (Wildman–Crippen MR) is 62.9 cm³/mol. The van der Waals surface area contributed by atoms with Crippen molar-refractivity contribution >= 4 is 23.4 Å². The van der Waals surface area contributed by atoms with Crippen molar-refractivity contribution in [2.24, 2.45) is 0 Å². The minimum absolute atomic E-state index is 0.00465. The van der Waals surface area contributed by atoms with Gasteiger partial charge in [0.2, 0.25) is 5.76 Å². The van der Waals surface area contributed by atoms with E-state index in [-0.39, 0.29) is 11.4 Å². The van der Waals surface area contributed by atoms with Gasteiger partial charge in [-0.2, -0.15) is 0 Å². The molecular formula is C11H7NO5S. The third kappa shape index (κ3) is 2.69. The molecule has 92 valence electrons. The van der Waals surface area contributed by atoms with Gasteiger partial charge in [0.1, 0.15) is 0 Å². The fraction of sp³-hybridized carbons (Fsp3) is 0. The molecule has 0 aliphatic heterocycles. The Morgan fingerprint density at radius 1 is 1.22 bits per heavy atom. The lowest BCUT2D eigenvalue weighted by molar-refractivity contribution is -0.384. The number of nitrogens with zero attached hydrogens (tertiary/aromatic N) is 1. The fourth-order valence-corrected chi connectivity index (χ4v) is 2.01. The first-order valence-electron chi connectivity index (χ1n) is 4.82. The summed E-state index contributed by atoms with van der Waals surface area (Å²) in [5, 5.41) is 19.6. The van der Waals surface area contributed by atoms with Gasteiger partial charge in [-0.25, -0.2) is 4.79 Å². The highest BCUT2D eigenvalue weighted by Gasteiger charge is 2.10. The van der Waals surface area contributed by atoms with Gasteiger partial charge in [-0.15, -0.1) is 0 Å². The Morgan fingerprint density at radius 2 is 1.89 bits per heavy atom. The van der Waals surface area contributed by atoms with Crippen molar-refractivity contribution in [3.05, 3.63) is 52.3 Å². The molecule has 7 heteroatoms. The monoisotopic (exact) mass is 265 g/mol. The van der Waals surface area contributed by atoms with Crippen molar-refractivity contribution in [2.45, 2.75) is 9.99 Å². The van der Waals surface area contributed by atoms with E-state index in [0.717, 1.165) is 4.90 Å². The third-order valence-electron chi connectivity index (χ3n) is 2.06. The Morgan fingerprint density at radius 3 is 2.39 bits per heavy atom. The molecular weight excluding hydrogens is 258 g/mol. The average Bonchev–Trinajstić information content (AvgIpc) is 2.78. The molecule has 2 aromatic rings. The minimum atomic E-state index is -1.13. The zero-order chi connectivity index (χ0) is 13.1. The van der Waals surface area contributed by atoms with Crippen molar-refractivity contribution < 1.29 is 19.2 Å². The molecule has 0 atom stereocenters. The predicted octanol–water partition coefficient (Wildman–Crippen LogP) is 3.04. The normalized spacial score (nSPS) is 10.2. The van der Waals surface area contributed by atoms with Gasteiger partial charge in [-0.05, 0) is 24.3 Å². The first-order valence-corrected chi connectivity index (χ1v) is 5.63. The topological polar surface area (TPSA) is 93.6 Å². The van der Waals surface area contributed by atoms with Gasteiger partial charge in [-0.1, -0.05) is 11.8 Å². The molecule has 1 heterocycles. The second kappa shape index (κ2) is 4.92. The number of non-ortho nitro benzene ring substituents is 1. The van der Waals surface area contributed by atoms with Gasteiger partial charge < -0.3 is 9.52 Å². The Kier molecular flexibility index (Phi) is 3.33. The van der Waals surface area contributed by atoms with E-state index in [0.29, 0.717) is 5.09 Å². The Bertz CT molecular complexity index is 590. The lowest BCUT2D eigenvalue weighted by Gasteiger charge is -1.97. The van der Waals surface area contributed by atoms with Crippen molar-refractivity contribution in [2.75, 3.05) is 0 Å². The van der Waals surface area contributed by atoms with Gasteiger partial charge in [0.25, 0.3) is 5.69 Å². The number of nitro groups is 1. The van der Waals surface area contributed by atoms with E-state index in [1.807, 2.05) is 0 Å². The molecule has 2 rings (SSSR count). The van der Waals surface area contributed by atoms with Crippen LogP contribution in [0, 0.1) is 10.1 Å². The summed E-state index contributed by atoms with van der Waals surface area (Å²) in [5.41, 5.74) is 0.00465. The summed E-state index contributed by atoms with van der Waals surface area (Å²) >= 11 is 1.19. The molecule has 0 saturated carbocycles. The van der Waals surface area contributed by atoms with E-state index in [4.69, 9.17) is 9.52 Å². The highest BCUT2D eigenvalue weighted by atomic mass is 32.2. The lowest BCUT2D eigenvalue weighted by Crippen LogP contribution is -1.91. The number of hydrogen-bond acceptors (Lipinski definition) is 5. The molecule has 1 N–H and O–H groups in total. The van der Waals surface area contributed by atoms with Crippen LogP contribution in [-0.4, -0.2) is 16.0 Å². The highest BCUT2D eigenvalue weighted by Crippen LogP contribution is 2.30. The van der Waals surface area contributed by atoms with E-state index >= 15 is 0 Å². The van der Waals surface area contributed by atoms with Crippen molar-refractivity contribution in [1.29, 1.82) is 0 Å². The first-order chi connectivity index (χ1) is 8.56. The summed E-state index contributed by atoms with van der Waals surface area (Å²) in [6, 6.07) is 8.80. The van der Waals surface area contributed by atoms with Gasteiger partial charge in [0, 0.05) is 17.0 Å². The molecule has 1 aromatic heterocycles. The number of benzene rings is 1. The van der Waals surface area contributed by atoms with Crippen molar-refractivity contribution in [3.63, 3.8) is 0 Å². The highest BCUT2D eigenvalue weighted by molar-refractivity contribution is 7.99. The van der Waals surface area contributed by atoms with Crippen LogP contribution in [0.4, 0.5) is 5.69 Å². The largest absolute Gasteiger partial charge is 0.475 e. The summed E-state index contributed by atoms with van der Waals surface area (Å²) in [4.78, 5) is 21.3. The van der Waals surface area contributed by atoms with Gasteiger partial charge >= 0.3 is 5.97 Å². The molecule has 1 aromatic carbocycles. The molecule has 0 aliphatic rings. The summed E-state index contributed by atoms with van der Waals surface area (Å²) in [5.74, 6) is -1.27. The quantitative estimate of drug-likeness (QED) is 0.674. The summed E-state index contributed by atoms with van der Waals surface area (Å²) in [7, 11) is 0. The van der Waals surface area contributed by atoms with Gasteiger partial charge in [0.05, 0.1) is 4.92 Å². The number of carbonyl (C=O) groups is 1. The lowest BCUT2D eigenvalue weighted by atomic mass is 10.3. The zero-order valence-electron chi connectivity index (χ0n) is 8.90. The Hall–Kier alpha value is -2.28. The smallest absolute Gasteiger partial charge is 0.371 e. The first kappa shape index (κ1) is 12.2. The number of hydrogen-bond donors (Lipinski definition) is 1. The van der Waals surface area contributed by atoms with Crippen LogP contribution in [0.2, 0.25) is 0 Å². The zero-order valence-corrected chi connectivity index (χ0v) is 9.72. The van der Waals surface area contributed by atoms with E-state index in [1.54, 1.807) is 12.1 Å². The maximum absolute atomic E-state index is 10.6. The van der Waals surface area contributed by atoms with Crippen LogP contribution in [0.3, 0.4) is 0 Å². The maximum Gasteiger partial charge on any atom is 0.371 e. The van der Waals surface area contributed by atoms with Gasteiger partial charge in [-0.3, -0.25) is 10.1 Å². The molecule has 0 saturated heterocycles. The van der Waals surface area contributed by atoms with Crippen LogP contribution in [0.25, 0.3) is 0 Å². The standard InChI is InChI=1S/C11H7NO5S/c13-11(14)9-5-6-10(17-9)18-8-3-1-7(2-4-8)12(15)16/h1-6H,(H,13,14). The molecule has 0 spiro atoms. The van der Waals surface area contributed by atoms with Crippen molar-refractivity contribution in [3.8, 4) is 0 Å². The summed E-state index contributed by atoms with van der Waals surface area (Å²) < 4.78 is 5.06. The molecule has 0 bridgehead atoms. The molecule has 0 fully saturated rings. The molecule has 0 unspecified atom stereocenters. The second-order valence-electron chi connectivity index (χ2n) is 3.28. The maximum atomic E-state index is 10.6. The Labute approximate surface area is 105 Å². The fourth-order valence-electron chi connectivity index (χ4n) is 1.24. The van der Waals surface area contributed by atoms with Crippen LogP contribution in [-0.2, 0) is 0 Å². The number of carboxylic acids is 1. The number of rotatable bonds is 4. The minimum Gasteiger partial charge on any atom is -0.475 e. The van der Waals surface area contributed by atoms with E-state index in [1.165, 1.54) is 36.0 Å². The second-order valence-corrected chi connectivity index (χ2v) is 4.35. The van der Waals surface area contributed by atoms with Crippen LogP contribution in [0.15, 0.2) is 50.8 Å². The Balaban J connectivity index is 2.13. The molecule has 0 aliphatic carbocycles. The number of nitro benzene ring substituents is 1. The van der Waals surface area contributed by atoms with Crippen molar-refractivity contribution in [1.82, 2.24) is 0 Å². The molecule has 18 heavy (non-hydrogen) atoms. The van der Waals surface area contributed by atoms with Crippen LogP contribution in [0.1, 0.15) is 10.6 Å². The van der Waals surface area contributed by atoms with Crippen LogP contribution in [0.5, 0.6) is 0 Å². The average molecular weight is 265 g/mol. The van der Waals surface area contributed by atoms with E-state index in [2.05, 4.69) is 0 Å². The number of aromatic carboxylic acids is 1. The number of carboxylic acid groups (broad SMARTS) is 1. The number of furan rings is 1. The van der Waals surface area contributed by atoms with Crippen LogP contribution < -0.4 is 0 Å². The summed E-state index contributed by atoms with van der Waals surface area (Å²) in [6.45, 7) is 0. The SMILES string of the molecule is O=C(O)c1ccc(Sc2ccc([N+](=O)[O-])cc2)o1. The van der Waals surface area contributed by atoms with E-state index < -0.39 is 10.9 Å². The van der Waals surface area contributed by atoms with Gasteiger partial charge in [0.15, 0.2) is 5.09 Å².